The van der Waals surface area contributed by atoms with Gasteiger partial charge in [0.1, 0.15) is 11.0 Å². The van der Waals surface area contributed by atoms with Crippen LogP contribution in [0.25, 0.3) is 0 Å². The summed E-state index contributed by atoms with van der Waals surface area (Å²) in [5, 5.41) is 8.94. The average molecular weight is 296 g/mol. The van der Waals surface area contributed by atoms with Crippen LogP contribution in [0.1, 0.15) is 12.6 Å². The van der Waals surface area contributed by atoms with Gasteiger partial charge in [-0.1, -0.05) is 6.92 Å². The first-order chi connectivity index (χ1) is 9.34. The summed E-state index contributed by atoms with van der Waals surface area (Å²) in [6.07, 6.45) is 1.35. The Morgan fingerprint density at radius 3 is 2.60 bits per heavy atom. The fourth-order valence-electron chi connectivity index (χ4n) is 1.48. The number of likely N-dealkylation sites (N-methyl/N-ethyl adjacent to an activating group) is 2. The molecule has 0 aliphatic heterocycles. The molecule has 1 aromatic heterocycles. The van der Waals surface area contributed by atoms with Gasteiger partial charge in [0.05, 0.1) is 6.54 Å². The molecule has 1 amide bonds. The maximum atomic E-state index is 12.5. The van der Waals surface area contributed by atoms with Crippen LogP contribution in [0.15, 0.2) is 23.2 Å². The zero-order valence-corrected chi connectivity index (χ0v) is 12.4. The van der Waals surface area contributed by atoms with Gasteiger partial charge in [-0.2, -0.15) is 9.57 Å². The van der Waals surface area contributed by atoms with E-state index in [-0.39, 0.29) is 29.6 Å². The second kappa shape index (κ2) is 6.45. The fourth-order valence-corrected chi connectivity index (χ4v) is 2.97. The van der Waals surface area contributed by atoms with Gasteiger partial charge in [0.25, 0.3) is 0 Å². The molecule has 20 heavy (non-hydrogen) atoms. The fraction of sp³-hybridized carbons (Fsp3) is 0.417. The maximum Gasteiger partial charge on any atom is 0.246 e. The first kappa shape index (κ1) is 16.1. The normalized spacial score (nSPS) is 11.2. The van der Waals surface area contributed by atoms with E-state index in [9.17, 15) is 13.2 Å². The van der Waals surface area contributed by atoms with Crippen molar-refractivity contribution in [3.63, 3.8) is 0 Å². The molecular formula is C12H16N4O3S. The number of nitrogens with zero attached hydrogens (tertiary/aromatic N) is 4. The zero-order chi connectivity index (χ0) is 15.3. The second-order valence-corrected chi connectivity index (χ2v) is 6.09. The lowest BCUT2D eigenvalue weighted by Gasteiger charge is -2.22. The van der Waals surface area contributed by atoms with Crippen molar-refractivity contribution in [1.82, 2.24) is 14.2 Å². The standard InChI is InChI=1S/C12H16N4O3S/c1-4-16(9-12(17)15(2)3)20(18,19)11-6-5-7-14-10(11)8-13/h5-7H,4,9H2,1-3H3. The molecule has 0 aliphatic rings. The number of hydrogen-bond acceptors (Lipinski definition) is 5. The Hall–Kier alpha value is -1.98. The first-order valence-electron chi connectivity index (χ1n) is 5.90. The van der Waals surface area contributed by atoms with Crippen molar-refractivity contribution in [2.45, 2.75) is 11.8 Å². The summed E-state index contributed by atoms with van der Waals surface area (Å²) in [6, 6.07) is 4.49. The van der Waals surface area contributed by atoms with Gasteiger partial charge < -0.3 is 4.90 Å². The quantitative estimate of drug-likeness (QED) is 0.765. The topological polar surface area (TPSA) is 94.4 Å². The molecule has 0 unspecified atom stereocenters. The summed E-state index contributed by atoms with van der Waals surface area (Å²) in [5.74, 6) is -0.335. The molecule has 7 nitrogen and oxygen atoms in total. The van der Waals surface area contributed by atoms with Gasteiger partial charge in [-0.05, 0) is 12.1 Å². The molecule has 0 saturated carbocycles. The Kier molecular flexibility index (Phi) is 5.19. The predicted molar refractivity (Wildman–Crippen MR) is 72.1 cm³/mol. The number of aromatic nitrogens is 1. The Balaban J connectivity index is 3.20. The van der Waals surface area contributed by atoms with E-state index in [4.69, 9.17) is 5.26 Å². The molecule has 0 radical (unpaired) electrons. The molecule has 0 N–H and O–H groups in total. The molecule has 0 spiro atoms. The Bertz CT molecular complexity index is 634. The van der Waals surface area contributed by atoms with Crippen molar-refractivity contribution in [2.75, 3.05) is 27.2 Å². The zero-order valence-electron chi connectivity index (χ0n) is 11.6. The molecule has 1 aromatic rings. The lowest BCUT2D eigenvalue weighted by Crippen LogP contribution is -2.40. The van der Waals surface area contributed by atoms with Crippen molar-refractivity contribution in [3.05, 3.63) is 24.0 Å². The summed E-state index contributed by atoms with van der Waals surface area (Å²) in [5.41, 5.74) is -0.178. The van der Waals surface area contributed by atoms with E-state index >= 15 is 0 Å². The van der Waals surface area contributed by atoms with Gasteiger partial charge in [0.15, 0.2) is 5.69 Å². The van der Waals surface area contributed by atoms with Crippen LogP contribution in [0.4, 0.5) is 0 Å². The summed E-state index contributed by atoms with van der Waals surface area (Å²) < 4.78 is 26.0. The minimum absolute atomic E-state index is 0.127. The summed E-state index contributed by atoms with van der Waals surface area (Å²) in [4.78, 5) is 16.5. The molecule has 1 heterocycles. The SMILES string of the molecule is CCN(CC(=O)N(C)C)S(=O)(=O)c1cccnc1C#N. The summed E-state index contributed by atoms with van der Waals surface area (Å²) in [6.45, 7) is 1.48. The number of rotatable bonds is 5. The lowest BCUT2D eigenvalue weighted by atomic mass is 10.4. The van der Waals surface area contributed by atoms with Crippen molar-refractivity contribution >= 4 is 15.9 Å². The van der Waals surface area contributed by atoms with Crippen molar-refractivity contribution < 1.29 is 13.2 Å². The van der Waals surface area contributed by atoms with Crippen LogP contribution >= 0.6 is 0 Å². The van der Waals surface area contributed by atoms with E-state index in [1.54, 1.807) is 27.1 Å². The van der Waals surface area contributed by atoms with Gasteiger partial charge in [-0.3, -0.25) is 4.79 Å². The van der Waals surface area contributed by atoms with Gasteiger partial charge in [-0.25, -0.2) is 13.4 Å². The molecule has 0 fully saturated rings. The number of amides is 1. The summed E-state index contributed by atoms with van der Waals surface area (Å²) >= 11 is 0. The van der Waals surface area contributed by atoms with Gasteiger partial charge >= 0.3 is 0 Å². The third-order valence-corrected chi connectivity index (χ3v) is 4.61. The van der Waals surface area contributed by atoms with E-state index in [1.165, 1.54) is 23.2 Å². The van der Waals surface area contributed by atoms with Crippen LogP contribution in [0.5, 0.6) is 0 Å². The van der Waals surface area contributed by atoms with Gasteiger partial charge in [0.2, 0.25) is 15.9 Å². The molecular weight excluding hydrogens is 280 g/mol. The molecule has 0 aromatic carbocycles. The van der Waals surface area contributed by atoms with Crippen molar-refractivity contribution in [2.24, 2.45) is 0 Å². The van der Waals surface area contributed by atoms with E-state index in [2.05, 4.69) is 4.98 Å². The number of hydrogen-bond donors (Lipinski definition) is 0. The highest BCUT2D eigenvalue weighted by Gasteiger charge is 2.28. The van der Waals surface area contributed by atoms with Gasteiger partial charge in [-0.15, -0.1) is 0 Å². The second-order valence-electron chi connectivity index (χ2n) is 4.18. The van der Waals surface area contributed by atoms with E-state index in [1.807, 2.05) is 0 Å². The number of carbonyl (C=O) groups excluding carboxylic acids is 1. The molecule has 0 saturated heterocycles. The monoisotopic (exact) mass is 296 g/mol. The maximum absolute atomic E-state index is 12.5. The molecule has 1 rings (SSSR count). The largest absolute Gasteiger partial charge is 0.348 e. The van der Waals surface area contributed by atoms with Crippen molar-refractivity contribution in [3.8, 4) is 6.07 Å². The van der Waals surface area contributed by atoms with E-state index in [0.29, 0.717) is 0 Å². The number of pyridine rings is 1. The molecule has 8 heteroatoms. The predicted octanol–water partition coefficient (Wildman–Crippen LogP) is 0.0521. The number of nitriles is 1. The molecule has 0 bridgehead atoms. The van der Waals surface area contributed by atoms with E-state index in [0.717, 1.165) is 4.31 Å². The highest BCUT2D eigenvalue weighted by atomic mass is 32.2. The Morgan fingerprint density at radius 1 is 1.45 bits per heavy atom. The minimum Gasteiger partial charge on any atom is -0.348 e. The summed E-state index contributed by atoms with van der Waals surface area (Å²) in [7, 11) is -0.823. The van der Waals surface area contributed by atoms with Crippen LogP contribution < -0.4 is 0 Å². The minimum atomic E-state index is -3.92. The third-order valence-electron chi connectivity index (χ3n) is 2.66. The van der Waals surface area contributed by atoms with Crippen LogP contribution in [0.2, 0.25) is 0 Å². The van der Waals surface area contributed by atoms with Crippen LogP contribution in [-0.4, -0.2) is 55.7 Å². The van der Waals surface area contributed by atoms with Crippen LogP contribution in [0.3, 0.4) is 0 Å². The first-order valence-corrected chi connectivity index (χ1v) is 7.34. The smallest absolute Gasteiger partial charge is 0.246 e. The molecule has 0 aliphatic carbocycles. The van der Waals surface area contributed by atoms with Crippen LogP contribution in [0, 0.1) is 11.3 Å². The van der Waals surface area contributed by atoms with Crippen LogP contribution in [-0.2, 0) is 14.8 Å². The number of carbonyl (C=O) groups is 1. The lowest BCUT2D eigenvalue weighted by molar-refractivity contribution is -0.128. The Labute approximate surface area is 118 Å². The number of sulfonamides is 1. The highest BCUT2D eigenvalue weighted by Crippen LogP contribution is 2.17. The average Bonchev–Trinajstić information content (AvgIpc) is 2.43. The molecule has 108 valence electrons. The third kappa shape index (κ3) is 3.31. The molecule has 0 atom stereocenters. The van der Waals surface area contributed by atoms with E-state index < -0.39 is 10.0 Å². The Morgan fingerprint density at radius 2 is 2.10 bits per heavy atom. The highest BCUT2D eigenvalue weighted by molar-refractivity contribution is 7.89. The van der Waals surface area contributed by atoms with Crippen molar-refractivity contribution in [1.29, 1.82) is 5.26 Å². The van der Waals surface area contributed by atoms with Gasteiger partial charge in [0, 0.05) is 26.8 Å².